The zero-order valence-corrected chi connectivity index (χ0v) is 19.8. The van der Waals surface area contributed by atoms with Crippen molar-refractivity contribution >= 4 is 22.7 Å². The van der Waals surface area contributed by atoms with Crippen molar-refractivity contribution in [2.45, 2.75) is 24.8 Å². The number of thioether (sulfide) groups is 1. The molecule has 0 aliphatic rings. The first kappa shape index (κ1) is 21.9. The van der Waals surface area contributed by atoms with Gasteiger partial charge in [-0.3, -0.25) is 9.55 Å². The maximum atomic E-state index is 12.2. The number of hydrogen-bond acceptors (Lipinski definition) is 7. The van der Waals surface area contributed by atoms with Gasteiger partial charge in [0.1, 0.15) is 11.3 Å². The van der Waals surface area contributed by atoms with Crippen molar-refractivity contribution in [3.8, 4) is 22.8 Å². The van der Waals surface area contributed by atoms with Crippen molar-refractivity contribution in [3.63, 3.8) is 0 Å². The van der Waals surface area contributed by atoms with E-state index in [0.29, 0.717) is 22.3 Å². The monoisotopic (exact) mass is 470 g/mol. The third-order valence-electron chi connectivity index (χ3n) is 5.70. The van der Waals surface area contributed by atoms with Gasteiger partial charge in [-0.15, -0.1) is 10.2 Å². The highest BCUT2D eigenvalue weighted by Crippen LogP contribution is 2.32. The van der Waals surface area contributed by atoms with Gasteiger partial charge in [0.2, 0.25) is 0 Å². The molecule has 0 saturated carbocycles. The molecule has 170 valence electrons. The maximum absolute atomic E-state index is 12.2. The van der Waals surface area contributed by atoms with E-state index in [-0.39, 0.29) is 5.63 Å². The molecular weight excluding hydrogens is 448 g/mol. The van der Waals surface area contributed by atoms with Crippen molar-refractivity contribution in [1.29, 1.82) is 0 Å². The molecule has 0 radical (unpaired) electrons. The van der Waals surface area contributed by atoms with Gasteiger partial charge in [0.15, 0.2) is 11.0 Å². The van der Waals surface area contributed by atoms with Crippen LogP contribution in [0, 0.1) is 13.8 Å². The Morgan fingerprint density at radius 3 is 2.44 bits per heavy atom. The Hall–Kier alpha value is -3.91. The highest BCUT2D eigenvalue weighted by molar-refractivity contribution is 7.98. The molecule has 8 heteroatoms. The number of aryl methyl sites for hydroxylation is 2. The zero-order valence-electron chi connectivity index (χ0n) is 19.0. The number of methoxy groups -OCH3 is 1. The minimum absolute atomic E-state index is 0.361. The Bertz CT molecular complexity index is 1530. The molecule has 0 spiro atoms. The number of pyridine rings is 1. The molecule has 3 aromatic heterocycles. The molecule has 0 aliphatic heterocycles. The Labute approximate surface area is 200 Å². The fourth-order valence-electron chi connectivity index (χ4n) is 3.76. The lowest BCUT2D eigenvalue weighted by molar-refractivity contribution is 0.414. The fraction of sp³-hybridized carbons (Fsp3) is 0.154. The highest BCUT2D eigenvalue weighted by Gasteiger charge is 2.17. The average Bonchev–Trinajstić information content (AvgIpc) is 3.28. The van der Waals surface area contributed by atoms with Crippen LogP contribution in [-0.2, 0) is 5.75 Å². The van der Waals surface area contributed by atoms with Crippen molar-refractivity contribution in [2.75, 3.05) is 7.11 Å². The predicted molar refractivity (Wildman–Crippen MR) is 133 cm³/mol. The molecule has 5 aromatic rings. The molecule has 0 bridgehead atoms. The van der Waals surface area contributed by atoms with Crippen molar-refractivity contribution in [3.05, 3.63) is 94.1 Å². The molecule has 34 heavy (non-hydrogen) atoms. The molecule has 0 saturated heterocycles. The minimum atomic E-state index is -0.361. The summed E-state index contributed by atoms with van der Waals surface area (Å²) in [4.78, 5) is 16.3. The summed E-state index contributed by atoms with van der Waals surface area (Å²) < 4.78 is 12.8. The third-order valence-corrected chi connectivity index (χ3v) is 6.68. The molecule has 3 heterocycles. The van der Waals surface area contributed by atoms with Gasteiger partial charge in [-0.1, -0.05) is 11.8 Å². The molecule has 7 nitrogen and oxygen atoms in total. The quantitative estimate of drug-likeness (QED) is 0.244. The summed E-state index contributed by atoms with van der Waals surface area (Å²) in [6.45, 7) is 4.06. The van der Waals surface area contributed by atoms with E-state index in [1.807, 2.05) is 54.0 Å². The van der Waals surface area contributed by atoms with Crippen molar-refractivity contribution in [1.82, 2.24) is 19.7 Å². The molecule has 0 aliphatic carbocycles. The molecule has 2 aromatic carbocycles. The standard InChI is InChI=1S/C26H22N4O3S/c1-16-12-22-19(14-24(31)33-23(22)13-17(16)2)15-34-26-29-28-25(18-8-10-27-11-9-18)30(26)20-4-6-21(32-3)7-5-20/h4-14H,15H2,1-3H3. The second-order valence-corrected chi connectivity index (χ2v) is 8.83. The average molecular weight is 471 g/mol. The Kier molecular flexibility index (Phi) is 5.90. The predicted octanol–water partition coefficient (Wildman–Crippen LogP) is 5.35. The summed E-state index contributed by atoms with van der Waals surface area (Å²) in [5.41, 5.74) is 5.18. The Morgan fingerprint density at radius 1 is 0.971 bits per heavy atom. The molecule has 0 unspecified atom stereocenters. The lowest BCUT2D eigenvalue weighted by Gasteiger charge is -2.12. The first-order valence-electron chi connectivity index (χ1n) is 10.7. The summed E-state index contributed by atoms with van der Waals surface area (Å²) in [7, 11) is 1.64. The number of fused-ring (bicyclic) bond motifs is 1. The van der Waals surface area contributed by atoms with Crippen LogP contribution in [0.25, 0.3) is 28.0 Å². The normalized spacial score (nSPS) is 11.1. The van der Waals surface area contributed by atoms with Crippen LogP contribution in [0.5, 0.6) is 5.75 Å². The van der Waals surface area contributed by atoms with E-state index in [1.54, 1.807) is 25.6 Å². The smallest absolute Gasteiger partial charge is 0.336 e. The van der Waals surface area contributed by atoms with Crippen LogP contribution < -0.4 is 10.4 Å². The summed E-state index contributed by atoms with van der Waals surface area (Å²) in [6.07, 6.45) is 3.46. The lowest BCUT2D eigenvalue weighted by atomic mass is 10.0. The number of benzene rings is 2. The summed E-state index contributed by atoms with van der Waals surface area (Å²) >= 11 is 1.52. The van der Waals surface area contributed by atoms with Gasteiger partial charge < -0.3 is 9.15 Å². The first-order chi connectivity index (χ1) is 16.5. The van der Waals surface area contributed by atoms with Crippen LogP contribution in [0.3, 0.4) is 0 Å². The van der Waals surface area contributed by atoms with Crippen molar-refractivity contribution < 1.29 is 9.15 Å². The molecule has 0 fully saturated rings. The second-order valence-electron chi connectivity index (χ2n) is 7.89. The first-order valence-corrected chi connectivity index (χ1v) is 11.7. The van der Waals surface area contributed by atoms with Crippen LogP contribution in [0.1, 0.15) is 16.7 Å². The van der Waals surface area contributed by atoms with Gasteiger partial charge >= 0.3 is 5.63 Å². The van der Waals surface area contributed by atoms with Crippen LogP contribution in [0.2, 0.25) is 0 Å². The van der Waals surface area contributed by atoms with Gasteiger partial charge in [0, 0.05) is 40.8 Å². The third kappa shape index (κ3) is 4.20. The largest absolute Gasteiger partial charge is 0.497 e. The maximum Gasteiger partial charge on any atom is 0.336 e. The number of rotatable bonds is 6. The summed E-state index contributed by atoms with van der Waals surface area (Å²) in [5.74, 6) is 2.01. The topological polar surface area (TPSA) is 83.0 Å². The second kappa shape index (κ2) is 9.15. The van der Waals surface area contributed by atoms with E-state index in [2.05, 4.69) is 28.2 Å². The summed E-state index contributed by atoms with van der Waals surface area (Å²) in [5, 5.41) is 10.6. The molecular formula is C26H22N4O3S. The number of hydrogen-bond donors (Lipinski definition) is 0. The van der Waals surface area contributed by atoms with Gasteiger partial charge in [0.05, 0.1) is 7.11 Å². The SMILES string of the molecule is COc1ccc(-n2c(SCc3cc(=O)oc4cc(C)c(C)cc34)nnc2-c2ccncc2)cc1. The van der Waals surface area contributed by atoms with E-state index in [9.17, 15) is 4.79 Å². The minimum Gasteiger partial charge on any atom is -0.497 e. The molecule has 0 amide bonds. The zero-order chi connectivity index (χ0) is 23.7. The Balaban J connectivity index is 1.57. The van der Waals surface area contributed by atoms with Gasteiger partial charge in [-0.05, 0) is 79.1 Å². The molecule has 0 atom stereocenters. The van der Waals surface area contributed by atoms with Gasteiger partial charge in [-0.25, -0.2) is 4.79 Å². The highest BCUT2D eigenvalue weighted by atomic mass is 32.2. The van der Waals surface area contributed by atoms with E-state index < -0.39 is 0 Å². The van der Waals surface area contributed by atoms with Gasteiger partial charge in [0.25, 0.3) is 0 Å². The molecule has 5 rings (SSSR count). The van der Waals surface area contributed by atoms with Crippen molar-refractivity contribution in [2.24, 2.45) is 0 Å². The lowest BCUT2D eigenvalue weighted by Crippen LogP contribution is -2.02. The van der Waals surface area contributed by atoms with Crippen LogP contribution in [0.4, 0.5) is 0 Å². The Morgan fingerprint density at radius 2 is 1.71 bits per heavy atom. The number of aromatic nitrogens is 4. The van der Waals surface area contributed by atoms with E-state index in [0.717, 1.165) is 39.1 Å². The van der Waals surface area contributed by atoms with E-state index in [1.165, 1.54) is 11.8 Å². The number of ether oxygens (including phenoxy) is 1. The molecule has 0 N–H and O–H groups in total. The van der Waals surface area contributed by atoms with E-state index in [4.69, 9.17) is 9.15 Å². The fourth-order valence-corrected chi connectivity index (χ4v) is 4.70. The van der Waals surface area contributed by atoms with E-state index >= 15 is 0 Å². The van der Waals surface area contributed by atoms with Crippen LogP contribution in [-0.4, -0.2) is 26.9 Å². The number of nitrogens with zero attached hydrogens (tertiary/aromatic N) is 4. The van der Waals surface area contributed by atoms with Gasteiger partial charge in [-0.2, -0.15) is 0 Å². The van der Waals surface area contributed by atoms with Crippen LogP contribution in [0.15, 0.2) is 81.4 Å². The van der Waals surface area contributed by atoms with Crippen LogP contribution >= 0.6 is 11.8 Å². The summed E-state index contributed by atoms with van der Waals surface area (Å²) in [6, 6.07) is 17.1.